The summed E-state index contributed by atoms with van der Waals surface area (Å²) < 4.78 is 27.0. The Labute approximate surface area is 151 Å². The number of amides is 1. The number of hydrogen-bond donors (Lipinski definition) is 1. The summed E-state index contributed by atoms with van der Waals surface area (Å²) in [5.74, 6) is 1.17. The number of nitrogens with zero attached hydrogens (tertiary/aromatic N) is 1. The number of benzene rings is 1. The van der Waals surface area contributed by atoms with E-state index >= 15 is 0 Å². The lowest BCUT2D eigenvalue weighted by Crippen LogP contribution is -2.37. The van der Waals surface area contributed by atoms with Crippen molar-refractivity contribution in [2.45, 2.75) is 51.3 Å². The minimum absolute atomic E-state index is 0.196. The first-order valence-corrected chi connectivity index (χ1v) is 10.6. The molecule has 0 bridgehead atoms. The largest absolute Gasteiger partial charge is 0.343 e. The van der Waals surface area contributed by atoms with Crippen molar-refractivity contribution in [1.82, 2.24) is 9.62 Å². The highest BCUT2D eigenvalue weighted by Gasteiger charge is 2.20. The van der Waals surface area contributed by atoms with E-state index in [2.05, 4.69) is 11.6 Å². The van der Waals surface area contributed by atoms with Crippen molar-refractivity contribution in [2.75, 3.05) is 19.6 Å². The zero-order valence-corrected chi connectivity index (χ0v) is 16.3. The van der Waals surface area contributed by atoms with Crippen LogP contribution in [0.5, 0.6) is 0 Å². The number of hydrogen-bond acceptors (Lipinski definition) is 3. The molecule has 1 aliphatic rings. The predicted molar refractivity (Wildman–Crippen MR) is 99.8 cm³/mol. The molecule has 0 radical (unpaired) electrons. The van der Waals surface area contributed by atoms with E-state index in [0.29, 0.717) is 25.3 Å². The van der Waals surface area contributed by atoms with Crippen molar-refractivity contribution in [3.05, 3.63) is 29.8 Å². The molecular formula is C19H30N2O3S. The van der Waals surface area contributed by atoms with Gasteiger partial charge in [0.05, 0.1) is 4.90 Å². The number of sulfonamides is 1. The molecule has 0 atom stereocenters. The monoisotopic (exact) mass is 366 g/mol. The summed E-state index contributed by atoms with van der Waals surface area (Å²) in [5, 5.41) is 0. The normalized spacial score (nSPS) is 16.4. The van der Waals surface area contributed by atoms with Crippen molar-refractivity contribution < 1.29 is 13.2 Å². The van der Waals surface area contributed by atoms with Crippen LogP contribution in [0, 0.1) is 11.8 Å². The third-order valence-corrected chi connectivity index (χ3v) is 6.12. The van der Waals surface area contributed by atoms with Gasteiger partial charge in [0.25, 0.3) is 0 Å². The second-order valence-electron chi connectivity index (χ2n) is 7.45. The van der Waals surface area contributed by atoms with Gasteiger partial charge in [-0.2, -0.15) is 0 Å². The maximum Gasteiger partial charge on any atom is 0.240 e. The van der Waals surface area contributed by atoms with E-state index in [1.165, 1.54) is 0 Å². The molecule has 1 amide bonds. The van der Waals surface area contributed by atoms with E-state index in [-0.39, 0.29) is 16.7 Å². The first-order chi connectivity index (χ1) is 11.8. The molecule has 1 heterocycles. The summed E-state index contributed by atoms with van der Waals surface area (Å²) in [7, 11) is -3.45. The highest BCUT2D eigenvalue weighted by atomic mass is 32.2. The van der Waals surface area contributed by atoms with Crippen LogP contribution >= 0.6 is 0 Å². The summed E-state index contributed by atoms with van der Waals surface area (Å²) >= 11 is 0. The van der Waals surface area contributed by atoms with Crippen molar-refractivity contribution in [1.29, 1.82) is 0 Å². The summed E-state index contributed by atoms with van der Waals surface area (Å²) in [6, 6.07) is 6.83. The topological polar surface area (TPSA) is 66.5 Å². The Bertz CT molecular complexity index is 660. The molecule has 140 valence electrons. The maximum absolute atomic E-state index is 12.3. The van der Waals surface area contributed by atoms with Gasteiger partial charge in [0.2, 0.25) is 15.9 Å². The Morgan fingerprint density at radius 1 is 1.20 bits per heavy atom. The van der Waals surface area contributed by atoms with Crippen LogP contribution in [0.2, 0.25) is 0 Å². The molecule has 1 aromatic carbocycles. The van der Waals surface area contributed by atoms with Crippen LogP contribution in [0.1, 0.15) is 45.6 Å². The Morgan fingerprint density at radius 2 is 1.80 bits per heavy atom. The van der Waals surface area contributed by atoms with Crippen LogP contribution in [-0.2, 0) is 21.2 Å². The van der Waals surface area contributed by atoms with E-state index in [9.17, 15) is 13.2 Å². The summed E-state index contributed by atoms with van der Waals surface area (Å²) in [4.78, 5) is 14.5. The van der Waals surface area contributed by atoms with Crippen LogP contribution < -0.4 is 4.72 Å². The van der Waals surface area contributed by atoms with Gasteiger partial charge in [-0.1, -0.05) is 32.9 Å². The SMILES string of the molecule is CC(C)CNS(=O)(=O)c1ccc(CCC(=O)N2CCC(C)CC2)cc1. The smallest absolute Gasteiger partial charge is 0.240 e. The lowest BCUT2D eigenvalue weighted by molar-refractivity contribution is -0.132. The van der Waals surface area contributed by atoms with Crippen molar-refractivity contribution >= 4 is 15.9 Å². The van der Waals surface area contributed by atoms with Crippen molar-refractivity contribution in [3.63, 3.8) is 0 Å². The maximum atomic E-state index is 12.3. The summed E-state index contributed by atoms with van der Waals surface area (Å²) in [5.41, 5.74) is 0.988. The Hall–Kier alpha value is -1.40. The highest BCUT2D eigenvalue weighted by Crippen LogP contribution is 2.18. The van der Waals surface area contributed by atoms with Gasteiger partial charge in [-0.3, -0.25) is 4.79 Å². The van der Waals surface area contributed by atoms with Crippen LogP contribution in [-0.4, -0.2) is 38.9 Å². The fraction of sp³-hybridized carbons (Fsp3) is 0.632. The lowest BCUT2D eigenvalue weighted by Gasteiger charge is -2.30. The first-order valence-electron chi connectivity index (χ1n) is 9.14. The quantitative estimate of drug-likeness (QED) is 0.807. The highest BCUT2D eigenvalue weighted by molar-refractivity contribution is 7.89. The summed E-state index contributed by atoms with van der Waals surface area (Å²) in [6.07, 6.45) is 3.29. The van der Waals surface area contributed by atoms with E-state index in [1.54, 1.807) is 24.3 Å². The first kappa shape index (κ1) is 19.9. The molecule has 2 rings (SSSR count). The van der Waals surface area contributed by atoms with Gasteiger partial charge in [0, 0.05) is 26.1 Å². The van der Waals surface area contributed by atoms with Crippen LogP contribution in [0.4, 0.5) is 0 Å². The molecule has 1 aliphatic heterocycles. The molecule has 0 spiro atoms. The van der Waals surface area contributed by atoms with Crippen molar-refractivity contribution in [2.24, 2.45) is 11.8 Å². The molecule has 6 heteroatoms. The van der Waals surface area contributed by atoms with E-state index in [4.69, 9.17) is 0 Å². The average Bonchev–Trinajstić information content (AvgIpc) is 2.59. The molecule has 0 unspecified atom stereocenters. The van der Waals surface area contributed by atoms with Gasteiger partial charge >= 0.3 is 0 Å². The van der Waals surface area contributed by atoms with E-state index < -0.39 is 10.0 Å². The van der Waals surface area contributed by atoms with Gasteiger partial charge in [0.1, 0.15) is 0 Å². The van der Waals surface area contributed by atoms with Crippen molar-refractivity contribution in [3.8, 4) is 0 Å². The lowest BCUT2D eigenvalue weighted by atomic mass is 9.98. The number of likely N-dealkylation sites (tertiary alicyclic amines) is 1. The number of aryl methyl sites for hydroxylation is 1. The minimum Gasteiger partial charge on any atom is -0.343 e. The minimum atomic E-state index is -3.45. The zero-order valence-electron chi connectivity index (χ0n) is 15.5. The summed E-state index contributed by atoms with van der Waals surface area (Å²) in [6.45, 7) is 8.30. The number of rotatable bonds is 7. The molecule has 1 aromatic rings. The molecule has 5 nitrogen and oxygen atoms in total. The molecule has 0 aliphatic carbocycles. The Balaban J connectivity index is 1.87. The molecule has 1 fully saturated rings. The third kappa shape index (κ3) is 6.12. The van der Waals surface area contributed by atoms with Gasteiger partial charge in [-0.05, 0) is 48.8 Å². The molecule has 0 aromatic heterocycles. The standard InChI is InChI=1S/C19H30N2O3S/c1-15(2)14-20-25(23,24)18-7-4-17(5-8-18)6-9-19(22)21-12-10-16(3)11-13-21/h4-5,7-8,15-16,20H,6,9-14H2,1-3H3. The number of nitrogens with one attached hydrogen (secondary N) is 1. The Kier molecular flexibility index (Phi) is 7.02. The fourth-order valence-corrected chi connectivity index (χ4v) is 4.08. The number of piperidine rings is 1. The van der Waals surface area contributed by atoms with E-state index in [0.717, 1.165) is 31.5 Å². The molecule has 1 saturated heterocycles. The number of carbonyl (C=O) groups excluding carboxylic acids is 1. The Morgan fingerprint density at radius 3 is 2.36 bits per heavy atom. The number of carbonyl (C=O) groups is 1. The molecule has 1 N–H and O–H groups in total. The average molecular weight is 367 g/mol. The zero-order chi connectivity index (χ0) is 18.4. The van der Waals surface area contributed by atoms with Crippen LogP contribution in [0.3, 0.4) is 0 Å². The second-order valence-corrected chi connectivity index (χ2v) is 9.22. The van der Waals surface area contributed by atoms with Gasteiger partial charge in [-0.15, -0.1) is 0 Å². The van der Waals surface area contributed by atoms with E-state index in [1.807, 2.05) is 18.7 Å². The molecular weight excluding hydrogens is 336 g/mol. The van der Waals surface area contributed by atoms with Gasteiger partial charge in [0.15, 0.2) is 0 Å². The van der Waals surface area contributed by atoms with Gasteiger partial charge < -0.3 is 4.90 Å². The third-order valence-electron chi connectivity index (χ3n) is 4.68. The second kappa shape index (κ2) is 8.81. The predicted octanol–water partition coefficient (Wildman–Crippen LogP) is 2.81. The van der Waals surface area contributed by atoms with Gasteiger partial charge in [-0.25, -0.2) is 13.1 Å². The molecule has 25 heavy (non-hydrogen) atoms. The van der Waals surface area contributed by atoms with Crippen LogP contribution in [0.15, 0.2) is 29.2 Å². The molecule has 0 saturated carbocycles. The fourth-order valence-electron chi connectivity index (χ4n) is 2.86. The van der Waals surface area contributed by atoms with Crippen LogP contribution in [0.25, 0.3) is 0 Å².